The van der Waals surface area contributed by atoms with Crippen LogP contribution in [0.4, 0.5) is 4.39 Å². The van der Waals surface area contributed by atoms with Crippen molar-refractivity contribution >= 4 is 11.0 Å². The quantitative estimate of drug-likeness (QED) is 0.592. The van der Waals surface area contributed by atoms with Gasteiger partial charge in [-0.15, -0.1) is 0 Å². The van der Waals surface area contributed by atoms with Crippen LogP contribution in [0.1, 0.15) is 65.9 Å². The maximum absolute atomic E-state index is 13.5. The van der Waals surface area contributed by atoms with E-state index in [1.165, 1.54) is 31.4 Å². The number of hydrogen-bond acceptors (Lipinski definition) is 3. The number of benzene rings is 1. The Hall–Kier alpha value is -1.79. The Labute approximate surface area is 187 Å². The minimum atomic E-state index is -1.23. The number of pyridine rings is 1. The van der Waals surface area contributed by atoms with Gasteiger partial charge in [-0.3, -0.25) is 0 Å². The Kier molecular flexibility index (Phi) is 5.99. The predicted octanol–water partition coefficient (Wildman–Crippen LogP) is 5.74. The summed E-state index contributed by atoms with van der Waals surface area (Å²) >= 11 is 0. The van der Waals surface area contributed by atoms with Crippen LogP contribution >= 0.6 is 0 Å². The third kappa shape index (κ3) is 4.70. The molecular formula is C25H33FN2O2S. The number of fused-ring (bicyclic) bond motifs is 1. The predicted molar refractivity (Wildman–Crippen MR) is 124 cm³/mol. The van der Waals surface area contributed by atoms with Gasteiger partial charge in [0.2, 0.25) is 5.88 Å². The Bertz CT molecular complexity index is 962. The molecule has 1 N–H and O–H groups in total. The second kappa shape index (κ2) is 8.28. The molecule has 2 saturated carbocycles. The lowest BCUT2D eigenvalue weighted by Gasteiger charge is -2.33. The molecule has 1 aromatic carbocycles. The van der Waals surface area contributed by atoms with Crippen LogP contribution in [0.3, 0.4) is 0 Å². The Morgan fingerprint density at radius 3 is 2.35 bits per heavy atom. The number of hydrogen-bond donors (Lipinski definition) is 1. The lowest BCUT2D eigenvalue weighted by Crippen LogP contribution is -2.45. The Morgan fingerprint density at radius 2 is 1.77 bits per heavy atom. The molecule has 4 rings (SSSR count). The van der Waals surface area contributed by atoms with Gasteiger partial charge in [-0.05, 0) is 82.9 Å². The normalized spacial score (nSPS) is 25.5. The molecule has 5 atom stereocenters. The number of nitrogens with one attached hydrogen (secondary N) is 1. The van der Waals surface area contributed by atoms with Crippen molar-refractivity contribution in [1.82, 2.24) is 9.71 Å². The van der Waals surface area contributed by atoms with E-state index in [0.717, 1.165) is 23.2 Å². The highest BCUT2D eigenvalue weighted by molar-refractivity contribution is 7.84. The SMILES string of the molecule is CCC(C)(NS(=O)C(C)(C)C)c1cc(OC2[C@H]3CCC[C@@H]23)nc(-c2ccc(F)cc2)c1. The smallest absolute Gasteiger partial charge is 0.214 e. The fourth-order valence-electron chi connectivity index (χ4n) is 4.42. The summed E-state index contributed by atoms with van der Waals surface area (Å²) in [5, 5.41) is 0. The van der Waals surface area contributed by atoms with Gasteiger partial charge in [-0.25, -0.2) is 18.3 Å². The van der Waals surface area contributed by atoms with Gasteiger partial charge in [0.1, 0.15) is 11.9 Å². The van der Waals surface area contributed by atoms with Gasteiger partial charge in [-0.2, -0.15) is 0 Å². The minimum absolute atomic E-state index is 0.252. The van der Waals surface area contributed by atoms with E-state index in [1.54, 1.807) is 12.1 Å². The van der Waals surface area contributed by atoms with Gasteiger partial charge < -0.3 is 4.74 Å². The molecule has 0 bridgehead atoms. The molecule has 31 heavy (non-hydrogen) atoms. The number of aromatic nitrogens is 1. The number of rotatable bonds is 7. The molecule has 0 radical (unpaired) electrons. The fraction of sp³-hybridized carbons (Fsp3) is 0.560. The summed E-state index contributed by atoms with van der Waals surface area (Å²) < 4.78 is 35.7. The zero-order chi connectivity index (χ0) is 22.4. The minimum Gasteiger partial charge on any atom is -0.474 e. The van der Waals surface area contributed by atoms with Gasteiger partial charge in [0.15, 0.2) is 0 Å². The topological polar surface area (TPSA) is 51.2 Å². The van der Waals surface area contributed by atoms with E-state index >= 15 is 0 Å². The standard InChI is InChI=1S/C25H33FN2O2S/c1-6-25(5,28-31(29)24(2,3)4)17-14-21(16-10-12-18(26)13-11-16)27-22(15-17)30-23-19-8-7-9-20(19)23/h10-15,19-20,23,28H,6-9H2,1-5H3/t19-,20+,23?,25?,31?. The summed E-state index contributed by atoms with van der Waals surface area (Å²) in [6, 6.07) is 10.4. The van der Waals surface area contributed by atoms with Crippen LogP contribution in [0.25, 0.3) is 11.3 Å². The van der Waals surface area contributed by atoms with Gasteiger partial charge in [-0.1, -0.05) is 13.3 Å². The van der Waals surface area contributed by atoms with Crippen LogP contribution in [0.2, 0.25) is 0 Å². The molecule has 0 spiro atoms. The first kappa shape index (κ1) is 22.4. The monoisotopic (exact) mass is 444 g/mol. The van der Waals surface area contributed by atoms with Crippen LogP contribution in [0, 0.1) is 17.7 Å². The third-order valence-corrected chi connectivity index (χ3v) is 8.49. The van der Waals surface area contributed by atoms with E-state index in [-0.39, 0.29) is 16.7 Å². The molecule has 2 fully saturated rings. The Morgan fingerprint density at radius 1 is 1.13 bits per heavy atom. The average Bonchev–Trinajstić information content (AvgIpc) is 3.13. The van der Waals surface area contributed by atoms with E-state index in [0.29, 0.717) is 17.7 Å². The zero-order valence-corrected chi connectivity index (χ0v) is 19.9. The number of nitrogens with zero attached hydrogens (tertiary/aromatic N) is 1. The van der Waals surface area contributed by atoms with E-state index in [2.05, 4.69) is 18.6 Å². The van der Waals surface area contributed by atoms with Crippen LogP contribution < -0.4 is 9.46 Å². The van der Waals surface area contributed by atoms with Crippen LogP contribution in [0.15, 0.2) is 36.4 Å². The zero-order valence-electron chi connectivity index (χ0n) is 19.1. The highest BCUT2D eigenvalue weighted by Crippen LogP contribution is 2.53. The second-order valence-corrected chi connectivity index (χ2v) is 12.1. The summed E-state index contributed by atoms with van der Waals surface area (Å²) in [6.45, 7) is 10.0. The molecule has 1 heterocycles. The average molecular weight is 445 g/mol. The molecule has 0 amide bonds. The molecule has 1 aromatic heterocycles. The van der Waals surface area contributed by atoms with Crippen molar-refractivity contribution in [2.75, 3.05) is 0 Å². The van der Waals surface area contributed by atoms with Crippen LogP contribution in [0.5, 0.6) is 5.88 Å². The van der Waals surface area contributed by atoms with Crippen molar-refractivity contribution in [3.05, 3.63) is 47.8 Å². The van der Waals surface area contributed by atoms with E-state index in [9.17, 15) is 8.60 Å². The van der Waals surface area contributed by atoms with Crippen molar-refractivity contribution in [2.24, 2.45) is 11.8 Å². The summed E-state index contributed by atoms with van der Waals surface area (Å²) in [5.74, 6) is 1.63. The van der Waals surface area contributed by atoms with Crippen LogP contribution in [-0.4, -0.2) is 20.0 Å². The van der Waals surface area contributed by atoms with Crippen molar-refractivity contribution in [1.29, 1.82) is 0 Å². The number of ether oxygens (including phenoxy) is 1. The molecule has 3 unspecified atom stereocenters. The largest absolute Gasteiger partial charge is 0.474 e. The summed E-state index contributed by atoms with van der Waals surface area (Å²) in [7, 11) is -1.23. The molecule has 168 valence electrons. The molecule has 2 aliphatic carbocycles. The van der Waals surface area contributed by atoms with Crippen LogP contribution in [-0.2, 0) is 16.5 Å². The lowest BCUT2D eigenvalue weighted by molar-refractivity contribution is 0.247. The maximum atomic E-state index is 13.5. The first-order valence-electron chi connectivity index (χ1n) is 11.3. The molecule has 2 aliphatic rings. The fourth-order valence-corrected chi connectivity index (χ4v) is 5.39. The highest BCUT2D eigenvalue weighted by atomic mass is 32.2. The molecule has 0 saturated heterocycles. The van der Waals surface area contributed by atoms with Crippen molar-refractivity contribution in [3.63, 3.8) is 0 Å². The maximum Gasteiger partial charge on any atom is 0.214 e. The summed E-state index contributed by atoms with van der Waals surface area (Å²) in [6.07, 6.45) is 4.76. The molecule has 6 heteroatoms. The highest BCUT2D eigenvalue weighted by Gasteiger charge is 2.55. The van der Waals surface area contributed by atoms with E-state index in [1.807, 2.05) is 32.9 Å². The lowest BCUT2D eigenvalue weighted by atomic mass is 9.90. The molecule has 4 nitrogen and oxygen atoms in total. The van der Waals surface area contributed by atoms with E-state index in [4.69, 9.17) is 9.72 Å². The number of halogens is 1. The first-order valence-corrected chi connectivity index (χ1v) is 12.4. The third-order valence-electron chi connectivity index (χ3n) is 6.74. The van der Waals surface area contributed by atoms with Gasteiger partial charge in [0.05, 0.1) is 27.0 Å². The van der Waals surface area contributed by atoms with Crippen molar-refractivity contribution < 1.29 is 13.3 Å². The summed E-state index contributed by atoms with van der Waals surface area (Å²) in [5.41, 5.74) is 2.02. The van der Waals surface area contributed by atoms with Gasteiger partial charge in [0, 0.05) is 23.5 Å². The van der Waals surface area contributed by atoms with Gasteiger partial charge in [0.25, 0.3) is 0 Å². The first-order chi connectivity index (χ1) is 14.6. The van der Waals surface area contributed by atoms with E-state index < -0.39 is 16.5 Å². The molecule has 2 aromatic rings. The second-order valence-electron chi connectivity index (χ2n) is 10.1. The van der Waals surface area contributed by atoms with Gasteiger partial charge >= 0.3 is 0 Å². The van der Waals surface area contributed by atoms with Crippen molar-refractivity contribution in [3.8, 4) is 17.1 Å². The molecular weight excluding hydrogens is 411 g/mol. The van der Waals surface area contributed by atoms with Crippen molar-refractivity contribution in [2.45, 2.75) is 76.7 Å². The Balaban J connectivity index is 1.70. The molecule has 0 aliphatic heterocycles. The summed E-state index contributed by atoms with van der Waals surface area (Å²) in [4.78, 5) is 4.77.